The van der Waals surface area contributed by atoms with Crippen LogP contribution in [0.1, 0.15) is 6.92 Å². The van der Waals surface area contributed by atoms with Crippen LogP contribution in [0.25, 0.3) is 0 Å². The Balaban J connectivity index is 1.91. The van der Waals surface area contributed by atoms with Gasteiger partial charge in [-0.05, 0) is 36.4 Å². The van der Waals surface area contributed by atoms with Crippen LogP contribution in [0.3, 0.4) is 0 Å². The normalized spacial score (nSPS) is 11.8. The van der Waals surface area contributed by atoms with E-state index < -0.39 is 5.97 Å². The van der Waals surface area contributed by atoms with Crippen LogP contribution in [0.15, 0.2) is 48.5 Å². The van der Waals surface area contributed by atoms with Crippen molar-refractivity contribution < 1.29 is 19.4 Å². The Morgan fingerprint density at radius 1 is 1.17 bits per heavy atom. The van der Waals surface area contributed by atoms with Crippen molar-refractivity contribution in [2.75, 3.05) is 19.7 Å². The fraction of sp³-hybridized carbons (Fsp3) is 0.278. The number of hydrogen-bond acceptors (Lipinski definition) is 4. The van der Waals surface area contributed by atoms with E-state index in [0.717, 1.165) is 0 Å². The highest BCUT2D eigenvalue weighted by molar-refractivity contribution is 6.30. The maximum absolute atomic E-state index is 10.5. The van der Waals surface area contributed by atoms with E-state index in [2.05, 4.69) is 5.32 Å². The van der Waals surface area contributed by atoms with Crippen LogP contribution in [0.5, 0.6) is 17.2 Å². The van der Waals surface area contributed by atoms with Crippen LogP contribution in [-0.2, 0) is 4.79 Å². The van der Waals surface area contributed by atoms with Gasteiger partial charge in [0, 0.05) is 17.5 Å². The Hall–Kier alpha value is -2.24. The van der Waals surface area contributed by atoms with Gasteiger partial charge < -0.3 is 19.9 Å². The number of carboxylic acid groups (broad SMARTS) is 1. The molecule has 6 heteroatoms. The summed E-state index contributed by atoms with van der Waals surface area (Å²) in [5.41, 5.74) is 0. The molecule has 0 amide bonds. The molecule has 0 saturated heterocycles. The molecule has 2 rings (SSSR count). The second-order valence-electron chi connectivity index (χ2n) is 5.44. The van der Waals surface area contributed by atoms with Gasteiger partial charge in [0.25, 0.3) is 0 Å². The van der Waals surface area contributed by atoms with Gasteiger partial charge >= 0.3 is 5.97 Å². The molecule has 0 radical (unpaired) electrons. The van der Waals surface area contributed by atoms with Gasteiger partial charge in [-0.1, -0.05) is 30.7 Å². The van der Waals surface area contributed by atoms with E-state index >= 15 is 0 Å². The summed E-state index contributed by atoms with van der Waals surface area (Å²) in [4.78, 5) is 10.5. The number of aliphatic carboxylic acids is 1. The molecule has 1 atom stereocenters. The molecular weight excluding hydrogens is 330 g/mol. The average Bonchev–Trinajstić information content (AvgIpc) is 2.56. The lowest BCUT2D eigenvalue weighted by atomic mass is 10.2. The summed E-state index contributed by atoms with van der Waals surface area (Å²) in [5, 5.41) is 12.1. The summed E-state index contributed by atoms with van der Waals surface area (Å²) in [6, 6.07) is 14.5. The number of ether oxygens (including phenoxy) is 2. The van der Waals surface area contributed by atoms with E-state index in [1.807, 2.05) is 31.2 Å². The SMILES string of the molecule is C[C@@H](CNCC(=O)O)COc1ccccc1Oc1ccc(Cl)cc1. The molecule has 0 aliphatic rings. The van der Waals surface area contributed by atoms with E-state index in [1.54, 1.807) is 24.3 Å². The van der Waals surface area contributed by atoms with Crippen molar-refractivity contribution in [3.05, 3.63) is 53.6 Å². The number of halogens is 1. The number of hydrogen-bond donors (Lipinski definition) is 2. The minimum Gasteiger partial charge on any atom is -0.489 e. The molecular formula is C18H20ClNO4. The number of rotatable bonds is 9. The highest BCUT2D eigenvalue weighted by Crippen LogP contribution is 2.31. The fourth-order valence-corrected chi connectivity index (χ4v) is 2.13. The maximum Gasteiger partial charge on any atom is 0.317 e. The van der Waals surface area contributed by atoms with Gasteiger partial charge in [-0.25, -0.2) is 0 Å². The fourth-order valence-electron chi connectivity index (χ4n) is 2.00. The Kier molecular flexibility index (Phi) is 6.90. The topological polar surface area (TPSA) is 67.8 Å². The van der Waals surface area contributed by atoms with Crippen LogP contribution in [0, 0.1) is 5.92 Å². The van der Waals surface area contributed by atoms with Crippen molar-refractivity contribution in [3.63, 3.8) is 0 Å². The molecule has 0 aromatic heterocycles. The van der Waals surface area contributed by atoms with Gasteiger partial charge in [0.15, 0.2) is 11.5 Å². The number of para-hydroxylation sites is 2. The molecule has 24 heavy (non-hydrogen) atoms. The van der Waals surface area contributed by atoms with Crippen molar-refractivity contribution in [1.82, 2.24) is 5.32 Å². The highest BCUT2D eigenvalue weighted by Gasteiger charge is 2.09. The third-order valence-electron chi connectivity index (χ3n) is 3.18. The summed E-state index contributed by atoms with van der Waals surface area (Å²) in [6.45, 7) is 2.94. The Bertz CT molecular complexity index is 660. The first-order valence-electron chi connectivity index (χ1n) is 7.62. The molecule has 5 nitrogen and oxygen atoms in total. The summed E-state index contributed by atoms with van der Waals surface area (Å²) >= 11 is 5.87. The van der Waals surface area contributed by atoms with Crippen LogP contribution in [0.2, 0.25) is 5.02 Å². The monoisotopic (exact) mass is 349 g/mol. The zero-order valence-corrected chi connectivity index (χ0v) is 14.1. The van der Waals surface area contributed by atoms with Crippen LogP contribution < -0.4 is 14.8 Å². The molecule has 0 fully saturated rings. The Labute approximate surface area is 146 Å². The van der Waals surface area contributed by atoms with Crippen molar-refractivity contribution in [3.8, 4) is 17.2 Å². The molecule has 0 heterocycles. The molecule has 2 aromatic carbocycles. The number of benzene rings is 2. The second kappa shape index (κ2) is 9.15. The van der Waals surface area contributed by atoms with Crippen LogP contribution in [0.4, 0.5) is 0 Å². The first kappa shape index (κ1) is 18.1. The molecule has 128 valence electrons. The third kappa shape index (κ3) is 6.10. The minimum absolute atomic E-state index is 0.0550. The van der Waals surface area contributed by atoms with Crippen LogP contribution in [-0.4, -0.2) is 30.8 Å². The first-order chi connectivity index (χ1) is 11.5. The van der Waals surface area contributed by atoms with Crippen molar-refractivity contribution in [2.24, 2.45) is 5.92 Å². The summed E-state index contributed by atoms with van der Waals surface area (Å²) in [7, 11) is 0. The summed E-state index contributed by atoms with van der Waals surface area (Å²) in [5.74, 6) is 1.22. The average molecular weight is 350 g/mol. The van der Waals surface area contributed by atoms with E-state index in [1.165, 1.54) is 0 Å². The minimum atomic E-state index is -0.871. The maximum atomic E-state index is 10.5. The molecule has 2 N–H and O–H groups in total. The Morgan fingerprint density at radius 2 is 1.83 bits per heavy atom. The lowest BCUT2D eigenvalue weighted by Gasteiger charge is -2.16. The molecule has 0 saturated carbocycles. The number of nitrogens with one attached hydrogen (secondary N) is 1. The third-order valence-corrected chi connectivity index (χ3v) is 3.43. The van der Waals surface area contributed by atoms with E-state index in [0.29, 0.717) is 35.4 Å². The lowest BCUT2D eigenvalue weighted by Crippen LogP contribution is -2.29. The lowest BCUT2D eigenvalue weighted by molar-refractivity contribution is -0.136. The summed E-state index contributed by atoms with van der Waals surface area (Å²) in [6.07, 6.45) is 0. The predicted octanol–water partition coefficient (Wildman–Crippen LogP) is 3.82. The highest BCUT2D eigenvalue weighted by atomic mass is 35.5. The zero-order valence-electron chi connectivity index (χ0n) is 13.4. The first-order valence-corrected chi connectivity index (χ1v) is 8.00. The quantitative estimate of drug-likeness (QED) is 0.720. The largest absolute Gasteiger partial charge is 0.489 e. The number of carboxylic acids is 1. The standard InChI is InChI=1S/C18H20ClNO4/c1-13(10-20-11-18(21)22)12-23-16-4-2-3-5-17(16)24-15-8-6-14(19)7-9-15/h2-9,13,20H,10-12H2,1H3,(H,21,22)/t13-/m0/s1. The number of carbonyl (C=O) groups is 1. The van der Waals surface area contributed by atoms with E-state index in [4.69, 9.17) is 26.2 Å². The van der Waals surface area contributed by atoms with Crippen molar-refractivity contribution in [1.29, 1.82) is 0 Å². The molecule has 0 bridgehead atoms. The van der Waals surface area contributed by atoms with Gasteiger partial charge in [-0.15, -0.1) is 0 Å². The molecule has 0 spiro atoms. The van der Waals surface area contributed by atoms with Gasteiger partial charge in [-0.3, -0.25) is 4.79 Å². The smallest absolute Gasteiger partial charge is 0.317 e. The molecule has 0 aliphatic carbocycles. The zero-order chi connectivity index (χ0) is 17.4. The Morgan fingerprint density at radius 3 is 2.50 bits per heavy atom. The van der Waals surface area contributed by atoms with Gasteiger partial charge in [0.05, 0.1) is 13.2 Å². The van der Waals surface area contributed by atoms with Gasteiger partial charge in [0.2, 0.25) is 0 Å². The van der Waals surface area contributed by atoms with Crippen molar-refractivity contribution in [2.45, 2.75) is 6.92 Å². The van der Waals surface area contributed by atoms with Gasteiger partial charge in [-0.2, -0.15) is 0 Å². The van der Waals surface area contributed by atoms with E-state index in [-0.39, 0.29) is 12.5 Å². The second-order valence-corrected chi connectivity index (χ2v) is 5.88. The van der Waals surface area contributed by atoms with Crippen molar-refractivity contribution >= 4 is 17.6 Å². The van der Waals surface area contributed by atoms with Gasteiger partial charge in [0.1, 0.15) is 5.75 Å². The summed E-state index contributed by atoms with van der Waals surface area (Å²) < 4.78 is 11.6. The predicted molar refractivity (Wildman–Crippen MR) is 93.1 cm³/mol. The molecule has 0 aliphatic heterocycles. The molecule has 2 aromatic rings. The van der Waals surface area contributed by atoms with E-state index in [9.17, 15) is 4.79 Å². The molecule has 0 unspecified atom stereocenters. The van der Waals surface area contributed by atoms with Crippen LogP contribution >= 0.6 is 11.6 Å².